The van der Waals surface area contributed by atoms with Gasteiger partial charge in [-0.1, -0.05) is 30.3 Å². The summed E-state index contributed by atoms with van der Waals surface area (Å²) in [6.07, 6.45) is 6.17. The van der Waals surface area contributed by atoms with Crippen molar-refractivity contribution in [3.8, 4) is 0 Å². The number of ether oxygens (including phenoxy) is 1. The second-order valence-electron chi connectivity index (χ2n) is 7.79. The molecule has 6 heteroatoms. The van der Waals surface area contributed by atoms with Crippen molar-refractivity contribution >= 4 is 11.8 Å². The lowest BCUT2D eigenvalue weighted by molar-refractivity contribution is 0.0302. The van der Waals surface area contributed by atoms with Crippen molar-refractivity contribution in [3.63, 3.8) is 0 Å². The minimum absolute atomic E-state index is 0.0349. The highest BCUT2D eigenvalue weighted by Gasteiger charge is 2.25. The van der Waals surface area contributed by atoms with Gasteiger partial charge in [0.25, 0.3) is 11.8 Å². The first kappa shape index (κ1) is 19.6. The maximum Gasteiger partial charge on any atom is 0.255 e. The molecular weight excluding hydrogens is 366 g/mol. The largest absolute Gasteiger partial charge is 0.378 e. The number of amides is 2. The molecule has 0 N–H and O–H groups in total. The lowest BCUT2D eigenvalue weighted by Crippen LogP contribution is -2.41. The van der Waals surface area contributed by atoms with Gasteiger partial charge in [0, 0.05) is 38.6 Å². The van der Waals surface area contributed by atoms with Crippen LogP contribution in [-0.4, -0.2) is 66.0 Å². The molecule has 4 rings (SSSR count). The molecule has 152 valence electrons. The van der Waals surface area contributed by atoms with E-state index >= 15 is 0 Å². The molecule has 0 spiro atoms. The summed E-state index contributed by atoms with van der Waals surface area (Å²) in [5.74, 6) is 0.484. The molecule has 0 radical (unpaired) electrons. The molecule has 1 aromatic heterocycles. The van der Waals surface area contributed by atoms with Gasteiger partial charge in [-0.2, -0.15) is 0 Å². The number of hydrogen-bond donors (Lipinski definition) is 0. The van der Waals surface area contributed by atoms with E-state index in [1.807, 2.05) is 11.0 Å². The Kier molecular flexibility index (Phi) is 6.20. The highest BCUT2D eigenvalue weighted by molar-refractivity contribution is 5.99. The van der Waals surface area contributed by atoms with E-state index in [2.05, 4.69) is 29.2 Å². The third kappa shape index (κ3) is 4.82. The van der Waals surface area contributed by atoms with E-state index in [1.54, 1.807) is 23.4 Å². The molecule has 2 fully saturated rings. The van der Waals surface area contributed by atoms with E-state index in [0.717, 1.165) is 32.4 Å². The van der Waals surface area contributed by atoms with Gasteiger partial charge in [0.1, 0.15) is 0 Å². The van der Waals surface area contributed by atoms with Crippen LogP contribution >= 0.6 is 0 Å². The first-order chi connectivity index (χ1) is 14.2. The van der Waals surface area contributed by atoms with Gasteiger partial charge in [-0.05, 0) is 36.8 Å². The normalized spacial score (nSPS) is 17.9. The van der Waals surface area contributed by atoms with Gasteiger partial charge in [-0.3, -0.25) is 14.6 Å². The first-order valence-electron chi connectivity index (χ1n) is 10.4. The zero-order valence-corrected chi connectivity index (χ0v) is 16.6. The van der Waals surface area contributed by atoms with Gasteiger partial charge in [-0.15, -0.1) is 0 Å². The molecule has 29 heavy (non-hydrogen) atoms. The van der Waals surface area contributed by atoms with Crippen LogP contribution in [0.15, 0.2) is 48.8 Å². The second-order valence-corrected chi connectivity index (χ2v) is 7.79. The molecule has 0 unspecified atom stereocenters. The molecule has 6 nitrogen and oxygen atoms in total. The fourth-order valence-corrected chi connectivity index (χ4v) is 4.09. The summed E-state index contributed by atoms with van der Waals surface area (Å²) >= 11 is 0. The number of aromatic nitrogens is 1. The third-order valence-corrected chi connectivity index (χ3v) is 5.80. The number of likely N-dealkylation sites (tertiary alicyclic amines) is 1. The lowest BCUT2D eigenvalue weighted by atomic mass is 9.90. The Bertz CT molecular complexity index is 841. The fourth-order valence-electron chi connectivity index (χ4n) is 4.09. The molecule has 0 atom stereocenters. The van der Waals surface area contributed by atoms with Gasteiger partial charge < -0.3 is 14.5 Å². The van der Waals surface area contributed by atoms with Gasteiger partial charge in [0.2, 0.25) is 0 Å². The summed E-state index contributed by atoms with van der Waals surface area (Å²) in [4.78, 5) is 33.4. The first-order valence-corrected chi connectivity index (χ1v) is 10.4. The van der Waals surface area contributed by atoms with Crippen molar-refractivity contribution in [2.75, 3.05) is 39.4 Å². The number of carbonyl (C=O) groups excluding carboxylic acids is 2. The SMILES string of the molecule is O=C(c1cncc(C(=O)N2CCC(Cc3ccccc3)CC2)c1)N1CCOCC1. The zero-order valence-electron chi connectivity index (χ0n) is 16.6. The molecule has 2 saturated heterocycles. The van der Waals surface area contributed by atoms with E-state index in [4.69, 9.17) is 4.74 Å². The second kappa shape index (κ2) is 9.18. The van der Waals surface area contributed by atoms with Crippen molar-refractivity contribution in [2.45, 2.75) is 19.3 Å². The topological polar surface area (TPSA) is 62.7 Å². The Labute approximate surface area is 171 Å². The highest BCUT2D eigenvalue weighted by atomic mass is 16.5. The molecular formula is C23H27N3O3. The number of carbonyl (C=O) groups is 2. The maximum atomic E-state index is 13.0. The summed E-state index contributed by atoms with van der Waals surface area (Å²) in [5, 5.41) is 0. The Balaban J connectivity index is 1.35. The van der Waals surface area contributed by atoms with Crippen LogP contribution in [0.2, 0.25) is 0 Å². The van der Waals surface area contributed by atoms with E-state index < -0.39 is 0 Å². The summed E-state index contributed by atoms with van der Waals surface area (Å²) in [6.45, 7) is 3.75. The smallest absolute Gasteiger partial charge is 0.255 e. The van der Waals surface area contributed by atoms with Gasteiger partial charge in [0.15, 0.2) is 0 Å². The Morgan fingerprint density at radius 3 is 2.10 bits per heavy atom. The molecule has 0 aliphatic carbocycles. The summed E-state index contributed by atoms with van der Waals surface area (Å²) < 4.78 is 5.30. The van der Waals surface area contributed by atoms with Gasteiger partial charge >= 0.3 is 0 Å². The van der Waals surface area contributed by atoms with Crippen molar-refractivity contribution in [3.05, 3.63) is 65.5 Å². The third-order valence-electron chi connectivity index (χ3n) is 5.80. The van der Waals surface area contributed by atoms with E-state index in [9.17, 15) is 9.59 Å². The number of benzene rings is 1. The molecule has 0 bridgehead atoms. The maximum absolute atomic E-state index is 13.0. The highest BCUT2D eigenvalue weighted by Crippen LogP contribution is 2.23. The predicted octanol–water partition coefficient (Wildman–Crippen LogP) is 2.65. The minimum Gasteiger partial charge on any atom is -0.378 e. The predicted molar refractivity (Wildman–Crippen MR) is 110 cm³/mol. The molecule has 1 aromatic carbocycles. The Morgan fingerprint density at radius 2 is 1.48 bits per heavy atom. The number of piperidine rings is 1. The van der Waals surface area contributed by atoms with Crippen LogP contribution in [0.4, 0.5) is 0 Å². The average Bonchev–Trinajstić information content (AvgIpc) is 2.80. The van der Waals surface area contributed by atoms with Gasteiger partial charge in [-0.25, -0.2) is 0 Å². The van der Waals surface area contributed by atoms with Crippen LogP contribution in [0.1, 0.15) is 39.1 Å². The minimum atomic E-state index is -0.0861. The summed E-state index contributed by atoms with van der Waals surface area (Å²) in [6, 6.07) is 12.2. The number of morpholine rings is 1. The van der Waals surface area contributed by atoms with Crippen LogP contribution in [0.5, 0.6) is 0 Å². The summed E-state index contributed by atoms with van der Waals surface area (Å²) in [5.41, 5.74) is 2.32. The van der Waals surface area contributed by atoms with Crippen LogP contribution in [0.3, 0.4) is 0 Å². The average molecular weight is 393 g/mol. The van der Waals surface area contributed by atoms with Crippen molar-refractivity contribution in [1.29, 1.82) is 0 Å². The monoisotopic (exact) mass is 393 g/mol. The molecule has 2 aromatic rings. The van der Waals surface area contributed by atoms with Crippen LogP contribution < -0.4 is 0 Å². The van der Waals surface area contributed by atoms with Gasteiger partial charge in [0.05, 0.1) is 24.3 Å². The fraction of sp³-hybridized carbons (Fsp3) is 0.435. The van der Waals surface area contributed by atoms with Crippen LogP contribution in [0, 0.1) is 5.92 Å². The van der Waals surface area contributed by atoms with Crippen LogP contribution in [0.25, 0.3) is 0 Å². The van der Waals surface area contributed by atoms with E-state index in [0.29, 0.717) is 43.3 Å². The van der Waals surface area contributed by atoms with E-state index in [-0.39, 0.29) is 11.8 Å². The zero-order chi connectivity index (χ0) is 20.1. The summed E-state index contributed by atoms with van der Waals surface area (Å²) in [7, 11) is 0. The molecule has 2 aliphatic heterocycles. The standard InChI is InChI=1S/C23H27N3O3/c27-22(25-8-6-19(7-9-25)14-18-4-2-1-3-5-18)20-15-21(17-24-16-20)23(28)26-10-12-29-13-11-26/h1-5,15-17,19H,6-14H2. The lowest BCUT2D eigenvalue weighted by Gasteiger charge is -2.32. The Hall–Kier alpha value is -2.73. The molecule has 2 aliphatic rings. The number of nitrogens with zero attached hydrogens (tertiary/aromatic N) is 3. The van der Waals surface area contributed by atoms with Crippen molar-refractivity contribution in [2.24, 2.45) is 5.92 Å². The van der Waals surface area contributed by atoms with Crippen molar-refractivity contribution in [1.82, 2.24) is 14.8 Å². The number of hydrogen-bond acceptors (Lipinski definition) is 4. The van der Waals surface area contributed by atoms with E-state index in [1.165, 1.54) is 5.56 Å². The van der Waals surface area contributed by atoms with Crippen LogP contribution in [-0.2, 0) is 11.2 Å². The van der Waals surface area contributed by atoms with Crippen molar-refractivity contribution < 1.29 is 14.3 Å². The number of pyridine rings is 1. The molecule has 0 saturated carbocycles. The molecule has 3 heterocycles. The molecule has 2 amide bonds. The Morgan fingerprint density at radius 1 is 0.897 bits per heavy atom. The number of rotatable bonds is 4. The quantitative estimate of drug-likeness (QED) is 0.801.